The standard InChI is InChI=1S/C14H16N6O5S/c1-26(23,24)20-6-4-19(5-7-20)13(22)11-9-25-14(17-11)18-12(21)10-8-15-2-3-16-10/h2-3,8-9H,4-7H2,1H3,(H,17,18,21). The van der Waals surface area contributed by atoms with Gasteiger partial charge in [-0.2, -0.15) is 9.29 Å². The van der Waals surface area contributed by atoms with Gasteiger partial charge in [-0.15, -0.1) is 0 Å². The number of hydrogen-bond donors (Lipinski definition) is 1. The average Bonchev–Trinajstić information content (AvgIpc) is 3.09. The van der Waals surface area contributed by atoms with Crippen LogP contribution in [-0.4, -0.2) is 76.8 Å². The Morgan fingerprint density at radius 2 is 1.88 bits per heavy atom. The van der Waals surface area contributed by atoms with Gasteiger partial charge in [-0.05, 0) is 0 Å². The Labute approximate surface area is 149 Å². The molecule has 0 bridgehead atoms. The quantitative estimate of drug-likeness (QED) is 0.744. The lowest BCUT2D eigenvalue weighted by molar-refractivity contribution is 0.0692. The zero-order chi connectivity index (χ0) is 18.7. The fourth-order valence-electron chi connectivity index (χ4n) is 2.39. The molecule has 12 heteroatoms. The topological polar surface area (TPSA) is 139 Å². The first-order valence-electron chi connectivity index (χ1n) is 7.62. The van der Waals surface area contributed by atoms with Gasteiger partial charge in [0.2, 0.25) is 10.0 Å². The first-order chi connectivity index (χ1) is 12.3. The van der Waals surface area contributed by atoms with E-state index < -0.39 is 21.8 Å². The molecule has 0 aliphatic carbocycles. The number of sulfonamides is 1. The molecule has 0 saturated carbocycles. The third-order valence-electron chi connectivity index (χ3n) is 3.73. The summed E-state index contributed by atoms with van der Waals surface area (Å²) < 4.78 is 29.4. The lowest BCUT2D eigenvalue weighted by Gasteiger charge is -2.32. The Hall–Kier alpha value is -2.86. The van der Waals surface area contributed by atoms with Crippen molar-refractivity contribution in [2.75, 3.05) is 37.8 Å². The molecule has 0 aromatic carbocycles. The van der Waals surface area contributed by atoms with E-state index in [0.29, 0.717) is 0 Å². The van der Waals surface area contributed by atoms with Gasteiger partial charge in [0.1, 0.15) is 12.0 Å². The van der Waals surface area contributed by atoms with Crippen molar-refractivity contribution in [3.05, 3.63) is 36.2 Å². The minimum absolute atomic E-state index is 0.0206. The monoisotopic (exact) mass is 380 g/mol. The number of aromatic nitrogens is 3. The zero-order valence-corrected chi connectivity index (χ0v) is 14.6. The highest BCUT2D eigenvalue weighted by Gasteiger charge is 2.28. The molecular formula is C14H16N6O5S. The molecule has 0 radical (unpaired) electrons. The van der Waals surface area contributed by atoms with E-state index in [1.54, 1.807) is 0 Å². The van der Waals surface area contributed by atoms with Crippen molar-refractivity contribution in [3.8, 4) is 0 Å². The predicted octanol–water partition coefficient (Wildman–Crippen LogP) is -0.566. The molecule has 1 aliphatic rings. The molecule has 1 fully saturated rings. The van der Waals surface area contributed by atoms with Crippen molar-refractivity contribution in [1.82, 2.24) is 24.2 Å². The van der Waals surface area contributed by atoms with E-state index in [0.717, 1.165) is 12.5 Å². The molecule has 1 N–H and O–H groups in total. The number of anilines is 1. The Kier molecular flexibility index (Phi) is 4.95. The maximum atomic E-state index is 12.4. The number of oxazole rings is 1. The molecule has 0 atom stereocenters. The van der Waals surface area contributed by atoms with E-state index in [9.17, 15) is 18.0 Å². The number of amides is 2. The van der Waals surface area contributed by atoms with E-state index in [2.05, 4.69) is 20.3 Å². The predicted molar refractivity (Wildman–Crippen MR) is 88.8 cm³/mol. The van der Waals surface area contributed by atoms with Crippen molar-refractivity contribution in [2.24, 2.45) is 0 Å². The number of hydrogen-bond acceptors (Lipinski definition) is 8. The molecule has 26 heavy (non-hydrogen) atoms. The summed E-state index contributed by atoms with van der Waals surface area (Å²) in [6, 6.07) is -0.140. The van der Waals surface area contributed by atoms with E-state index in [-0.39, 0.29) is 43.6 Å². The number of nitrogens with zero attached hydrogens (tertiary/aromatic N) is 5. The van der Waals surface area contributed by atoms with Gasteiger partial charge in [0.05, 0.1) is 12.5 Å². The number of piperazine rings is 1. The molecule has 3 heterocycles. The zero-order valence-electron chi connectivity index (χ0n) is 13.8. The molecule has 2 amide bonds. The summed E-state index contributed by atoms with van der Waals surface area (Å²) in [5.74, 6) is -0.970. The number of carbonyl (C=O) groups is 2. The highest BCUT2D eigenvalue weighted by molar-refractivity contribution is 7.88. The summed E-state index contributed by atoms with van der Waals surface area (Å²) in [6.45, 7) is 0.942. The molecule has 1 aliphatic heterocycles. The summed E-state index contributed by atoms with van der Waals surface area (Å²) in [5.41, 5.74) is 0.0997. The van der Waals surface area contributed by atoms with E-state index in [4.69, 9.17) is 4.42 Å². The van der Waals surface area contributed by atoms with Gasteiger partial charge in [0.15, 0.2) is 5.69 Å². The third-order valence-corrected chi connectivity index (χ3v) is 5.04. The second-order valence-electron chi connectivity index (χ2n) is 5.54. The summed E-state index contributed by atoms with van der Waals surface area (Å²) in [5, 5.41) is 2.39. The largest absolute Gasteiger partial charge is 0.431 e. The van der Waals surface area contributed by atoms with Crippen molar-refractivity contribution >= 4 is 27.9 Å². The van der Waals surface area contributed by atoms with Crippen LogP contribution in [0.2, 0.25) is 0 Å². The van der Waals surface area contributed by atoms with Gasteiger partial charge in [-0.25, -0.2) is 13.4 Å². The number of carbonyl (C=O) groups excluding carboxylic acids is 2. The first kappa shape index (κ1) is 17.9. The van der Waals surface area contributed by atoms with Crippen LogP contribution >= 0.6 is 0 Å². The minimum atomic E-state index is -3.27. The van der Waals surface area contributed by atoms with Crippen molar-refractivity contribution in [1.29, 1.82) is 0 Å². The second kappa shape index (κ2) is 7.17. The molecule has 3 rings (SSSR count). The normalized spacial score (nSPS) is 15.7. The van der Waals surface area contributed by atoms with Crippen molar-refractivity contribution < 1.29 is 22.4 Å². The van der Waals surface area contributed by atoms with E-state index >= 15 is 0 Å². The lowest BCUT2D eigenvalue weighted by atomic mass is 10.3. The van der Waals surface area contributed by atoms with Gasteiger partial charge in [-0.1, -0.05) is 0 Å². The van der Waals surface area contributed by atoms with Gasteiger partial charge >= 0.3 is 6.01 Å². The van der Waals surface area contributed by atoms with E-state index in [1.165, 1.54) is 27.8 Å². The fraction of sp³-hybridized carbons (Fsp3) is 0.357. The molecule has 138 valence electrons. The van der Waals surface area contributed by atoms with Gasteiger partial charge in [-0.3, -0.25) is 19.9 Å². The van der Waals surface area contributed by atoms with Crippen molar-refractivity contribution in [3.63, 3.8) is 0 Å². The second-order valence-corrected chi connectivity index (χ2v) is 7.52. The van der Waals surface area contributed by atoms with Gasteiger partial charge < -0.3 is 9.32 Å². The van der Waals surface area contributed by atoms with Crippen LogP contribution in [0.3, 0.4) is 0 Å². The van der Waals surface area contributed by atoms with Crippen LogP contribution in [-0.2, 0) is 10.0 Å². The van der Waals surface area contributed by atoms with Crippen LogP contribution in [0.4, 0.5) is 6.01 Å². The van der Waals surface area contributed by atoms with Crippen molar-refractivity contribution in [2.45, 2.75) is 0 Å². The summed E-state index contributed by atoms with van der Waals surface area (Å²) in [6.07, 6.45) is 6.36. The molecule has 2 aromatic rings. The molecule has 11 nitrogen and oxygen atoms in total. The highest BCUT2D eigenvalue weighted by Crippen LogP contribution is 2.13. The maximum Gasteiger partial charge on any atom is 0.302 e. The van der Waals surface area contributed by atoms with Gasteiger partial charge in [0, 0.05) is 38.6 Å². The summed E-state index contributed by atoms with van der Waals surface area (Å²) in [7, 11) is -3.27. The molecular weight excluding hydrogens is 364 g/mol. The Morgan fingerprint density at radius 1 is 1.15 bits per heavy atom. The SMILES string of the molecule is CS(=O)(=O)N1CCN(C(=O)c2coc(NC(=O)c3cnccn3)n2)CC1. The maximum absolute atomic E-state index is 12.4. The minimum Gasteiger partial charge on any atom is -0.431 e. The summed E-state index contributed by atoms with van der Waals surface area (Å²) >= 11 is 0. The van der Waals surface area contributed by atoms with Crippen LogP contribution < -0.4 is 5.32 Å². The Bertz CT molecular complexity index is 905. The molecule has 2 aromatic heterocycles. The van der Waals surface area contributed by atoms with Crippen LogP contribution in [0.15, 0.2) is 29.3 Å². The van der Waals surface area contributed by atoms with Crippen LogP contribution in [0.5, 0.6) is 0 Å². The Balaban J connectivity index is 1.61. The number of rotatable bonds is 4. The Morgan fingerprint density at radius 3 is 2.50 bits per heavy atom. The van der Waals surface area contributed by atoms with Crippen LogP contribution in [0.1, 0.15) is 21.0 Å². The van der Waals surface area contributed by atoms with Gasteiger partial charge in [0.25, 0.3) is 11.8 Å². The van der Waals surface area contributed by atoms with Crippen LogP contribution in [0.25, 0.3) is 0 Å². The lowest BCUT2D eigenvalue weighted by Crippen LogP contribution is -2.50. The number of nitrogens with one attached hydrogen (secondary N) is 1. The molecule has 0 unspecified atom stereocenters. The highest BCUT2D eigenvalue weighted by atomic mass is 32.2. The summed E-state index contributed by atoms with van der Waals surface area (Å²) in [4.78, 5) is 37.4. The molecule has 0 spiro atoms. The average molecular weight is 380 g/mol. The third kappa shape index (κ3) is 4.03. The molecule has 1 saturated heterocycles. The smallest absolute Gasteiger partial charge is 0.302 e. The van der Waals surface area contributed by atoms with Crippen LogP contribution in [0, 0.1) is 0 Å². The first-order valence-corrected chi connectivity index (χ1v) is 9.47. The van der Waals surface area contributed by atoms with E-state index in [1.807, 2.05) is 0 Å². The fourth-order valence-corrected chi connectivity index (χ4v) is 3.22.